The highest BCUT2D eigenvalue weighted by Crippen LogP contribution is 2.35. The second-order valence-electron chi connectivity index (χ2n) is 8.01. The highest BCUT2D eigenvalue weighted by molar-refractivity contribution is 8.18. The van der Waals surface area contributed by atoms with E-state index in [4.69, 9.17) is 9.47 Å². The third-order valence-corrected chi connectivity index (χ3v) is 6.48. The fraction of sp³-hybridized carbons (Fsp3) is 0.370. The molecule has 0 bridgehead atoms. The molecular weight excluding hydrogens is 464 g/mol. The fourth-order valence-corrected chi connectivity index (χ4v) is 4.40. The number of hydrogen-bond donors (Lipinski definition) is 0. The van der Waals surface area contributed by atoms with E-state index in [0.717, 1.165) is 53.8 Å². The van der Waals surface area contributed by atoms with Gasteiger partial charge >= 0.3 is 5.97 Å². The van der Waals surface area contributed by atoms with Crippen LogP contribution in [0.25, 0.3) is 6.08 Å². The quantitative estimate of drug-likeness (QED) is 0.218. The fourth-order valence-electron chi connectivity index (χ4n) is 3.57. The first-order valence-corrected chi connectivity index (χ1v) is 12.7. The number of carbonyl (C=O) groups excluding carboxylic acids is 3. The van der Waals surface area contributed by atoms with E-state index in [1.165, 1.54) is 0 Å². The summed E-state index contributed by atoms with van der Waals surface area (Å²) < 4.78 is 11.3. The molecule has 1 aliphatic rings. The van der Waals surface area contributed by atoms with E-state index < -0.39 is 17.1 Å². The highest BCUT2D eigenvalue weighted by atomic mass is 32.2. The number of benzene rings is 2. The Morgan fingerprint density at radius 3 is 2.49 bits per heavy atom. The Morgan fingerprint density at radius 1 is 1.06 bits per heavy atom. The van der Waals surface area contributed by atoms with Gasteiger partial charge in [0.2, 0.25) is 0 Å². The first kappa shape index (κ1) is 26.3. The van der Waals surface area contributed by atoms with E-state index in [0.29, 0.717) is 17.9 Å². The summed E-state index contributed by atoms with van der Waals surface area (Å²) in [5.74, 6) is -0.476. The van der Waals surface area contributed by atoms with Crippen LogP contribution in [0.5, 0.6) is 5.75 Å². The molecular formula is C27H32N2O5S. The number of ether oxygens (including phenoxy) is 2. The van der Waals surface area contributed by atoms with Crippen molar-refractivity contribution in [3.8, 4) is 5.75 Å². The number of hydrogen-bond acceptors (Lipinski definition) is 7. The molecule has 2 aromatic rings. The molecule has 1 aliphatic heterocycles. The van der Waals surface area contributed by atoms with Gasteiger partial charge in [-0.05, 0) is 55.8 Å². The van der Waals surface area contributed by atoms with Crippen LogP contribution >= 0.6 is 11.8 Å². The van der Waals surface area contributed by atoms with Crippen LogP contribution < -0.4 is 9.64 Å². The van der Waals surface area contributed by atoms with Crippen LogP contribution in [0, 0.1) is 0 Å². The molecule has 2 aromatic carbocycles. The molecule has 0 unspecified atom stereocenters. The van der Waals surface area contributed by atoms with E-state index in [1.54, 1.807) is 6.08 Å². The summed E-state index contributed by atoms with van der Waals surface area (Å²) in [5, 5.41) is -0.486. The first-order valence-electron chi connectivity index (χ1n) is 11.9. The Bertz CT molecular complexity index is 1070. The van der Waals surface area contributed by atoms with Gasteiger partial charge in [0.15, 0.2) is 0 Å². The summed E-state index contributed by atoms with van der Waals surface area (Å²) in [7, 11) is 0. The molecule has 0 aromatic heterocycles. The zero-order valence-electron chi connectivity index (χ0n) is 20.5. The predicted molar refractivity (Wildman–Crippen MR) is 139 cm³/mol. The number of esters is 1. The van der Waals surface area contributed by atoms with Crippen molar-refractivity contribution >= 4 is 40.6 Å². The number of carbonyl (C=O) groups is 3. The van der Waals surface area contributed by atoms with Gasteiger partial charge in [-0.2, -0.15) is 0 Å². The third kappa shape index (κ3) is 7.11. The lowest BCUT2D eigenvalue weighted by atomic mass is 10.1. The maximum absolute atomic E-state index is 12.9. The molecule has 2 amide bonds. The lowest BCUT2D eigenvalue weighted by Crippen LogP contribution is -2.34. The van der Waals surface area contributed by atoms with Crippen molar-refractivity contribution in [1.82, 2.24) is 4.90 Å². The van der Waals surface area contributed by atoms with Crippen LogP contribution in [0.2, 0.25) is 0 Å². The van der Waals surface area contributed by atoms with Crippen LogP contribution in [0.4, 0.5) is 10.5 Å². The molecule has 0 atom stereocenters. The lowest BCUT2D eigenvalue weighted by Gasteiger charge is -2.22. The van der Waals surface area contributed by atoms with Crippen molar-refractivity contribution in [3.05, 3.63) is 64.6 Å². The highest BCUT2D eigenvalue weighted by Gasteiger charge is 2.36. The maximum Gasteiger partial charge on any atom is 0.326 e. The summed E-state index contributed by atoms with van der Waals surface area (Å²) in [4.78, 5) is 40.8. The number of rotatable bonds is 12. The van der Waals surface area contributed by atoms with Crippen molar-refractivity contribution in [1.29, 1.82) is 0 Å². The monoisotopic (exact) mass is 496 g/mol. The molecule has 3 rings (SSSR count). The number of thioether (sulfide) groups is 1. The minimum atomic E-state index is -0.586. The topological polar surface area (TPSA) is 76.2 Å². The Morgan fingerprint density at radius 2 is 1.80 bits per heavy atom. The second-order valence-corrected chi connectivity index (χ2v) is 9.00. The molecule has 35 heavy (non-hydrogen) atoms. The van der Waals surface area contributed by atoms with Gasteiger partial charge in [0.1, 0.15) is 18.9 Å². The molecule has 0 saturated carbocycles. The number of unbranched alkanes of at least 4 members (excludes halogenated alkanes) is 1. The van der Waals surface area contributed by atoms with Gasteiger partial charge in [-0.1, -0.05) is 43.7 Å². The lowest BCUT2D eigenvalue weighted by molar-refractivity contribution is -0.146. The summed E-state index contributed by atoms with van der Waals surface area (Å²) >= 11 is 0.814. The van der Waals surface area contributed by atoms with Crippen molar-refractivity contribution in [2.75, 3.05) is 31.1 Å². The van der Waals surface area contributed by atoms with E-state index in [9.17, 15) is 14.4 Å². The minimum absolute atomic E-state index is 0.247. The third-order valence-electron chi connectivity index (χ3n) is 5.57. The number of amides is 2. The predicted octanol–water partition coefficient (Wildman–Crippen LogP) is 5.49. The first-order chi connectivity index (χ1) is 17.0. The van der Waals surface area contributed by atoms with E-state index in [1.807, 2.05) is 55.5 Å². The molecule has 0 spiro atoms. The standard InChI is InChI=1S/C27H32N2O5S/c1-4-7-15-33-25(30)18-29-26(31)24(35-27(29)32)16-21-13-14-22(28(5-2)6-3)17-23(21)34-19-20-11-9-8-10-12-20/h8-14,16-17H,4-7,15,18-19H2,1-3H3/b24-16+. The molecule has 8 heteroatoms. The SMILES string of the molecule is CCCCOC(=O)CN1C(=O)S/C(=C/c2ccc(N(CC)CC)cc2OCc2ccccc2)C1=O. The van der Waals surface area contributed by atoms with Crippen LogP contribution in [0.15, 0.2) is 53.4 Å². The largest absolute Gasteiger partial charge is 0.488 e. The second kappa shape index (κ2) is 13.0. The zero-order chi connectivity index (χ0) is 25.2. The van der Waals surface area contributed by atoms with Crippen LogP contribution in [-0.2, 0) is 20.9 Å². The van der Waals surface area contributed by atoms with Crippen LogP contribution in [0.3, 0.4) is 0 Å². The van der Waals surface area contributed by atoms with E-state index >= 15 is 0 Å². The number of anilines is 1. The van der Waals surface area contributed by atoms with Crippen LogP contribution in [-0.4, -0.2) is 48.3 Å². The zero-order valence-corrected chi connectivity index (χ0v) is 21.3. The smallest absolute Gasteiger partial charge is 0.326 e. The molecule has 0 N–H and O–H groups in total. The van der Waals surface area contributed by atoms with Crippen LogP contribution in [0.1, 0.15) is 44.7 Å². The van der Waals surface area contributed by atoms with Crippen molar-refractivity contribution in [2.24, 2.45) is 0 Å². The molecule has 186 valence electrons. The molecule has 0 radical (unpaired) electrons. The Kier molecular flexibility index (Phi) is 9.78. The molecule has 1 fully saturated rings. The van der Waals surface area contributed by atoms with Gasteiger partial charge in [0.25, 0.3) is 11.1 Å². The van der Waals surface area contributed by atoms with Gasteiger partial charge in [-0.15, -0.1) is 0 Å². The average molecular weight is 497 g/mol. The molecule has 7 nitrogen and oxygen atoms in total. The molecule has 1 heterocycles. The molecule has 1 saturated heterocycles. The number of nitrogens with zero attached hydrogens (tertiary/aromatic N) is 2. The summed E-state index contributed by atoms with van der Waals surface area (Å²) in [5.41, 5.74) is 2.72. The van der Waals surface area contributed by atoms with Gasteiger partial charge in [-0.25, -0.2) is 0 Å². The Balaban J connectivity index is 1.82. The maximum atomic E-state index is 12.9. The Labute approximate surface area is 211 Å². The van der Waals surface area contributed by atoms with Crippen molar-refractivity contribution < 1.29 is 23.9 Å². The minimum Gasteiger partial charge on any atom is -0.488 e. The van der Waals surface area contributed by atoms with Gasteiger partial charge in [0, 0.05) is 30.4 Å². The van der Waals surface area contributed by atoms with Gasteiger partial charge < -0.3 is 14.4 Å². The van der Waals surface area contributed by atoms with Gasteiger partial charge in [-0.3, -0.25) is 19.3 Å². The van der Waals surface area contributed by atoms with Crippen molar-refractivity contribution in [3.63, 3.8) is 0 Å². The van der Waals surface area contributed by atoms with E-state index in [2.05, 4.69) is 18.7 Å². The normalized spacial score (nSPS) is 14.5. The van der Waals surface area contributed by atoms with E-state index in [-0.39, 0.29) is 18.1 Å². The summed E-state index contributed by atoms with van der Waals surface area (Å²) in [6.45, 7) is 8.13. The van der Waals surface area contributed by atoms with Crippen molar-refractivity contribution in [2.45, 2.75) is 40.2 Å². The average Bonchev–Trinajstić information content (AvgIpc) is 3.12. The number of imide groups is 1. The van der Waals surface area contributed by atoms with Gasteiger partial charge in [0.05, 0.1) is 11.5 Å². The summed E-state index contributed by atoms with van der Waals surface area (Å²) in [6.07, 6.45) is 3.28. The Hall–Kier alpha value is -3.26. The molecule has 0 aliphatic carbocycles. The summed E-state index contributed by atoms with van der Waals surface area (Å²) in [6, 6.07) is 15.6.